The van der Waals surface area contributed by atoms with Crippen molar-refractivity contribution in [3.63, 3.8) is 0 Å². The van der Waals surface area contributed by atoms with Crippen LogP contribution >= 0.6 is 0 Å². The van der Waals surface area contributed by atoms with Crippen LogP contribution in [0.25, 0.3) is 0 Å². The number of nitrogens with zero attached hydrogens (tertiary/aromatic N) is 1. The molecule has 4 aliphatic carbocycles. The maximum atomic E-state index is 5.71. The third kappa shape index (κ3) is 1.79. The van der Waals surface area contributed by atoms with Gasteiger partial charge in [0.25, 0.3) is 0 Å². The Morgan fingerprint density at radius 2 is 1.53 bits per heavy atom. The first-order valence-electron chi connectivity index (χ1n) is 6.68. The summed E-state index contributed by atoms with van der Waals surface area (Å²) in [4.78, 5) is 0. The zero-order chi connectivity index (χ0) is 10.4. The molecule has 0 unspecified atom stereocenters. The molecule has 0 heterocycles. The van der Waals surface area contributed by atoms with Crippen LogP contribution in [0.5, 0.6) is 0 Å². The molecule has 3 heteroatoms. The van der Waals surface area contributed by atoms with Crippen molar-refractivity contribution in [1.82, 2.24) is 3.86 Å². The molecule has 0 aromatic heterocycles. The van der Waals surface area contributed by atoms with Gasteiger partial charge in [0.15, 0.2) is 0 Å². The summed E-state index contributed by atoms with van der Waals surface area (Å²) in [6.45, 7) is 2.04. The van der Waals surface area contributed by atoms with Gasteiger partial charge in [-0.1, -0.05) is 0 Å². The molecule has 0 aromatic rings. The fourth-order valence-corrected chi connectivity index (χ4v) is 7.28. The number of rotatable bonds is 3. The molecule has 0 aromatic carbocycles. The summed E-state index contributed by atoms with van der Waals surface area (Å²) in [6.07, 6.45) is 7.77. The Bertz CT molecular complexity index is 216. The Labute approximate surface area is 101 Å². The van der Waals surface area contributed by atoms with Gasteiger partial charge < -0.3 is 0 Å². The Balaban J connectivity index is 1.74. The SMILES string of the molecule is NCC[N]([GeH3])C1C2CC3CC(C2)CC1C3. The van der Waals surface area contributed by atoms with Crippen LogP contribution in [0.3, 0.4) is 0 Å². The van der Waals surface area contributed by atoms with Crippen LogP contribution in [0.15, 0.2) is 0 Å². The maximum absolute atomic E-state index is 5.71. The van der Waals surface area contributed by atoms with Gasteiger partial charge in [0.2, 0.25) is 0 Å². The summed E-state index contributed by atoms with van der Waals surface area (Å²) < 4.78 is 2.75. The molecule has 0 amide bonds. The molecular formula is C12H24GeN2. The summed E-state index contributed by atoms with van der Waals surface area (Å²) in [7, 11) is 0. The first-order valence-corrected chi connectivity index (χ1v) is 8.56. The van der Waals surface area contributed by atoms with Crippen molar-refractivity contribution < 1.29 is 0 Å². The molecule has 15 heavy (non-hydrogen) atoms. The summed E-state index contributed by atoms with van der Waals surface area (Å²) in [6, 6.07) is 0.960. The molecule has 0 atom stereocenters. The molecule has 0 saturated heterocycles. The van der Waals surface area contributed by atoms with Gasteiger partial charge in [-0.15, -0.1) is 0 Å². The van der Waals surface area contributed by atoms with E-state index in [1.165, 1.54) is 6.54 Å². The summed E-state index contributed by atoms with van der Waals surface area (Å²) >= 11 is 0.840. The van der Waals surface area contributed by atoms with Gasteiger partial charge in [-0.2, -0.15) is 0 Å². The van der Waals surface area contributed by atoms with Crippen molar-refractivity contribution in [2.75, 3.05) is 13.1 Å². The number of hydrogen-bond donors (Lipinski definition) is 1. The molecule has 4 saturated carbocycles. The van der Waals surface area contributed by atoms with Crippen molar-refractivity contribution in [2.45, 2.75) is 38.1 Å². The van der Waals surface area contributed by atoms with Gasteiger partial charge in [0.05, 0.1) is 0 Å². The summed E-state index contributed by atoms with van der Waals surface area (Å²) in [5, 5.41) is 0. The van der Waals surface area contributed by atoms with E-state index < -0.39 is 0 Å². The van der Waals surface area contributed by atoms with Gasteiger partial charge in [-0.05, 0) is 0 Å². The van der Waals surface area contributed by atoms with E-state index in [4.69, 9.17) is 5.73 Å². The minimum absolute atomic E-state index is 0.840. The van der Waals surface area contributed by atoms with E-state index >= 15 is 0 Å². The monoisotopic (exact) mass is 270 g/mol. The standard InChI is InChI=1S/C12H24GeN2/c13-15(2-1-14)12-10-4-8-3-9(6-10)7-11(12)5-8/h8-12H,1-7,14H2,13H3. The van der Waals surface area contributed by atoms with Gasteiger partial charge in [-0.3, -0.25) is 0 Å². The Morgan fingerprint density at radius 1 is 1.00 bits per heavy atom. The van der Waals surface area contributed by atoms with Crippen LogP contribution in [-0.4, -0.2) is 39.7 Å². The summed E-state index contributed by atoms with van der Waals surface area (Å²) in [5.74, 6) is 4.34. The fraction of sp³-hybridized carbons (Fsp3) is 1.00. The van der Waals surface area contributed by atoms with Crippen LogP contribution in [0, 0.1) is 23.7 Å². The Morgan fingerprint density at radius 3 is 2.00 bits per heavy atom. The molecule has 0 spiro atoms. The zero-order valence-corrected chi connectivity index (χ0v) is 14.1. The zero-order valence-electron chi connectivity index (χ0n) is 9.86. The van der Waals surface area contributed by atoms with E-state index in [1.54, 1.807) is 32.1 Å². The van der Waals surface area contributed by atoms with Crippen LogP contribution in [0.4, 0.5) is 0 Å². The quantitative estimate of drug-likeness (QED) is 0.749. The summed E-state index contributed by atoms with van der Waals surface area (Å²) in [5.41, 5.74) is 5.71. The van der Waals surface area contributed by atoms with Crippen molar-refractivity contribution in [3.8, 4) is 0 Å². The molecular weight excluding hydrogens is 245 g/mol. The molecule has 0 aliphatic heterocycles. The average Bonchev–Trinajstić information content (AvgIpc) is 2.15. The molecule has 86 valence electrons. The predicted molar refractivity (Wildman–Crippen MR) is 66.5 cm³/mol. The minimum atomic E-state index is 0.840. The van der Waals surface area contributed by atoms with Gasteiger partial charge in [0, 0.05) is 0 Å². The van der Waals surface area contributed by atoms with E-state index in [9.17, 15) is 0 Å². The molecule has 4 bridgehead atoms. The van der Waals surface area contributed by atoms with Gasteiger partial charge in [0.1, 0.15) is 0 Å². The van der Waals surface area contributed by atoms with Crippen molar-refractivity contribution >= 4 is 16.7 Å². The first-order chi connectivity index (χ1) is 7.28. The first kappa shape index (κ1) is 10.6. The van der Waals surface area contributed by atoms with E-state index in [0.717, 1.165) is 53.0 Å². The van der Waals surface area contributed by atoms with E-state index in [0.29, 0.717) is 0 Å². The fourth-order valence-electron chi connectivity index (χ4n) is 4.97. The van der Waals surface area contributed by atoms with Gasteiger partial charge in [-0.25, -0.2) is 0 Å². The second kappa shape index (κ2) is 4.04. The Hall–Kier alpha value is 0.463. The van der Waals surface area contributed by atoms with Crippen molar-refractivity contribution in [1.29, 1.82) is 0 Å². The second-order valence-electron chi connectivity index (χ2n) is 6.19. The third-order valence-electron chi connectivity index (χ3n) is 5.17. The van der Waals surface area contributed by atoms with E-state index in [-0.39, 0.29) is 0 Å². The van der Waals surface area contributed by atoms with Crippen LogP contribution < -0.4 is 5.73 Å². The van der Waals surface area contributed by atoms with Gasteiger partial charge >= 0.3 is 101 Å². The number of hydrogen-bond acceptors (Lipinski definition) is 2. The molecule has 0 radical (unpaired) electrons. The van der Waals surface area contributed by atoms with Crippen LogP contribution in [0.1, 0.15) is 32.1 Å². The number of nitrogens with two attached hydrogens (primary N) is 1. The van der Waals surface area contributed by atoms with E-state index in [2.05, 4.69) is 3.86 Å². The van der Waals surface area contributed by atoms with Crippen LogP contribution in [-0.2, 0) is 0 Å². The molecule has 2 nitrogen and oxygen atoms in total. The molecule has 4 fully saturated rings. The van der Waals surface area contributed by atoms with Crippen molar-refractivity contribution in [2.24, 2.45) is 29.4 Å². The third-order valence-corrected chi connectivity index (χ3v) is 7.36. The normalized spacial score (nSPS) is 48.0. The van der Waals surface area contributed by atoms with E-state index in [1.807, 2.05) is 0 Å². The molecule has 4 aliphatic rings. The second-order valence-corrected chi connectivity index (χ2v) is 8.60. The molecule has 2 N–H and O–H groups in total. The topological polar surface area (TPSA) is 29.3 Å². The molecule has 4 rings (SSSR count). The predicted octanol–water partition coefficient (Wildman–Crippen LogP) is 0.352. The van der Waals surface area contributed by atoms with Crippen LogP contribution in [0.2, 0.25) is 0 Å². The van der Waals surface area contributed by atoms with Crippen molar-refractivity contribution in [3.05, 3.63) is 0 Å². The Kier molecular flexibility index (Phi) is 2.86. The average molecular weight is 269 g/mol.